The lowest BCUT2D eigenvalue weighted by atomic mass is 9.89. The third kappa shape index (κ3) is 3.84. The molecule has 5 nitrogen and oxygen atoms in total. The molecule has 1 fully saturated rings. The van der Waals surface area contributed by atoms with E-state index in [4.69, 9.17) is 4.74 Å². The van der Waals surface area contributed by atoms with Crippen molar-refractivity contribution >= 4 is 38.6 Å². The number of ether oxygens (including phenoxy) is 1. The number of hydrogen-bond donors (Lipinski definition) is 0. The van der Waals surface area contributed by atoms with Crippen LogP contribution in [0.1, 0.15) is 31.4 Å². The van der Waals surface area contributed by atoms with E-state index in [1.54, 1.807) is 24.3 Å². The zero-order chi connectivity index (χ0) is 21.4. The van der Waals surface area contributed by atoms with Crippen LogP contribution in [0.4, 0.5) is 0 Å². The Morgan fingerprint density at radius 2 is 1.72 bits per heavy atom. The van der Waals surface area contributed by atoms with Gasteiger partial charge in [0.05, 0.1) is 12.0 Å². The molecular formula is C22H26INO4S. The normalized spacial score (nSPS) is 24.4. The fourth-order valence-electron chi connectivity index (χ4n) is 4.17. The highest BCUT2D eigenvalue weighted by Crippen LogP contribution is 2.50. The van der Waals surface area contributed by atoms with E-state index in [1.807, 2.05) is 51.1 Å². The Balaban J connectivity index is 2.22. The first-order valence-corrected chi connectivity index (χ1v) is 12.1. The number of halogens is 1. The molecule has 0 amide bonds. The second-order valence-corrected chi connectivity index (χ2v) is 11.4. The van der Waals surface area contributed by atoms with Crippen molar-refractivity contribution in [2.45, 2.75) is 53.5 Å². The fourth-order valence-corrected chi connectivity index (χ4v) is 7.48. The summed E-state index contributed by atoms with van der Waals surface area (Å²) in [5.74, 6) is -0.524. The lowest BCUT2D eigenvalue weighted by Gasteiger charge is -2.41. The summed E-state index contributed by atoms with van der Waals surface area (Å²) in [6.07, 6.45) is 0.641. The smallest absolute Gasteiger partial charge is 0.327 e. The second-order valence-electron chi connectivity index (χ2n) is 8.09. The number of carbonyl (C=O) groups excluding carboxylic acids is 1. The van der Waals surface area contributed by atoms with Crippen LogP contribution in [-0.4, -0.2) is 40.8 Å². The van der Waals surface area contributed by atoms with Gasteiger partial charge in [-0.1, -0.05) is 70.6 Å². The average molecular weight is 527 g/mol. The highest BCUT2D eigenvalue weighted by molar-refractivity contribution is 14.1. The Kier molecular flexibility index (Phi) is 6.13. The molecule has 0 N–H and O–H groups in total. The molecule has 156 valence electrons. The number of hydrogen-bond acceptors (Lipinski definition) is 4. The van der Waals surface area contributed by atoms with Crippen LogP contribution in [0.2, 0.25) is 0 Å². The molecule has 0 aliphatic carbocycles. The number of benzene rings is 2. The first kappa shape index (κ1) is 22.2. The molecule has 1 saturated heterocycles. The van der Waals surface area contributed by atoms with Crippen molar-refractivity contribution in [1.82, 2.24) is 4.31 Å². The summed E-state index contributed by atoms with van der Waals surface area (Å²) in [6.45, 7) is 5.67. The van der Waals surface area contributed by atoms with Crippen LogP contribution in [0.3, 0.4) is 0 Å². The zero-order valence-electron chi connectivity index (χ0n) is 17.1. The quantitative estimate of drug-likeness (QED) is 0.334. The van der Waals surface area contributed by atoms with Gasteiger partial charge in [-0.15, -0.1) is 0 Å². The molecule has 2 aromatic rings. The van der Waals surface area contributed by atoms with E-state index in [1.165, 1.54) is 11.4 Å². The van der Waals surface area contributed by atoms with Gasteiger partial charge in [0.2, 0.25) is 10.0 Å². The van der Waals surface area contributed by atoms with E-state index in [0.717, 1.165) is 11.1 Å². The zero-order valence-corrected chi connectivity index (χ0v) is 20.0. The van der Waals surface area contributed by atoms with E-state index in [9.17, 15) is 13.2 Å². The number of sulfonamides is 1. The molecule has 1 aliphatic rings. The van der Waals surface area contributed by atoms with Crippen molar-refractivity contribution in [2.24, 2.45) is 0 Å². The van der Waals surface area contributed by atoms with E-state index in [2.05, 4.69) is 22.6 Å². The van der Waals surface area contributed by atoms with Gasteiger partial charge in [-0.3, -0.25) is 4.79 Å². The Labute approximate surface area is 186 Å². The minimum atomic E-state index is -3.95. The molecule has 0 radical (unpaired) electrons. The van der Waals surface area contributed by atoms with Gasteiger partial charge in [-0.2, -0.15) is 4.31 Å². The van der Waals surface area contributed by atoms with Crippen LogP contribution in [0.5, 0.6) is 0 Å². The molecule has 0 unspecified atom stereocenters. The van der Waals surface area contributed by atoms with Crippen molar-refractivity contribution in [3.63, 3.8) is 0 Å². The number of carbonyl (C=O) groups is 1. The van der Waals surface area contributed by atoms with E-state index < -0.39 is 27.1 Å². The predicted molar refractivity (Wildman–Crippen MR) is 122 cm³/mol. The topological polar surface area (TPSA) is 63.7 Å². The molecule has 1 heterocycles. The molecule has 3 rings (SSSR count). The maximum atomic E-state index is 13.8. The molecule has 29 heavy (non-hydrogen) atoms. The molecule has 0 bridgehead atoms. The van der Waals surface area contributed by atoms with E-state index >= 15 is 0 Å². The Morgan fingerprint density at radius 3 is 2.28 bits per heavy atom. The average Bonchev–Trinajstić information content (AvgIpc) is 2.88. The van der Waals surface area contributed by atoms with Gasteiger partial charge in [0.1, 0.15) is 5.54 Å². The summed E-state index contributed by atoms with van der Waals surface area (Å²) in [5, 5.41) is 0. The van der Waals surface area contributed by atoms with Gasteiger partial charge < -0.3 is 4.74 Å². The van der Waals surface area contributed by atoms with Gasteiger partial charge in [0.25, 0.3) is 0 Å². The first-order chi connectivity index (χ1) is 13.6. The number of alkyl halides is 1. The molecule has 0 spiro atoms. The largest absolute Gasteiger partial charge is 0.468 e. The van der Waals surface area contributed by atoms with Crippen LogP contribution >= 0.6 is 22.6 Å². The Morgan fingerprint density at radius 1 is 1.14 bits per heavy atom. The monoisotopic (exact) mass is 527 g/mol. The van der Waals surface area contributed by atoms with Crippen molar-refractivity contribution in [1.29, 1.82) is 0 Å². The van der Waals surface area contributed by atoms with Crippen molar-refractivity contribution in [3.05, 3.63) is 65.7 Å². The highest BCUT2D eigenvalue weighted by atomic mass is 127. The van der Waals surface area contributed by atoms with E-state index in [-0.39, 0.29) is 15.2 Å². The number of nitrogens with zero attached hydrogens (tertiary/aromatic N) is 1. The molecule has 7 heteroatoms. The first-order valence-electron chi connectivity index (χ1n) is 9.44. The third-order valence-electron chi connectivity index (χ3n) is 5.66. The summed E-state index contributed by atoms with van der Waals surface area (Å²) in [6, 6.07) is 16.3. The van der Waals surface area contributed by atoms with Gasteiger partial charge >= 0.3 is 5.97 Å². The highest BCUT2D eigenvalue weighted by Gasteiger charge is 2.64. The number of methoxy groups -OCH3 is 1. The van der Waals surface area contributed by atoms with Crippen molar-refractivity contribution in [3.8, 4) is 0 Å². The van der Waals surface area contributed by atoms with Crippen LogP contribution in [-0.2, 0) is 26.0 Å². The number of aryl methyl sites for hydroxylation is 1. The summed E-state index contributed by atoms with van der Waals surface area (Å²) in [4.78, 5) is 13.4. The third-order valence-corrected chi connectivity index (χ3v) is 9.79. The SMILES string of the molecule is COC(=O)[C@@]1(Cc2ccccc2)C[C@@H](I)C(C)(C)N1S(=O)(=O)c1ccc(C)cc1. The summed E-state index contributed by atoms with van der Waals surface area (Å²) in [7, 11) is -2.63. The maximum Gasteiger partial charge on any atom is 0.327 e. The van der Waals surface area contributed by atoms with Crippen LogP contribution in [0.25, 0.3) is 0 Å². The van der Waals surface area contributed by atoms with Gasteiger partial charge in [0, 0.05) is 15.9 Å². The van der Waals surface area contributed by atoms with Crippen molar-refractivity contribution < 1.29 is 17.9 Å². The Hall–Kier alpha value is -1.45. The molecule has 0 saturated carbocycles. The standard InChI is InChI=1S/C22H26INO4S/c1-16-10-12-18(13-11-16)29(26,27)24-21(2,3)19(23)15-22(24,20(25)28-4)14-17-8-6-5-7-9-17/h5-13,19H,14-15H2,1-4H3/t19-,22-/m1/s1. The summed E-state index contributed by atoms with van der Waals surface area (Å²) < 4.78 is 34.2. The van der Waals surface area contributed by atoms with E-state index in [0.29, 0.717) is 6.42 Å². The van der Waals surface area contributed by atoms with Crippen LogP contribution in [0, 0.1) is 6.92 Å². The number of esters is 1. The van der Waals surface area contributed by atoms with Crippen molar-refractivity contribution in [2.75, 3.05) is 7.11 Å². The molecule has 0 aromatic heterocycles. The lowest BCUT2D eigenvalue weighted by Crippen LogP contribution is -2.60. The molecule has 1 aliphatic heterocycles. The van der Waals surface area contributed by atoms with Gasteiger partial charge in [-0.05, 0) is 44.9 Å². The Bertz CT molecular complexity index is 989. The predicted octanol–water partition coefficient (Wildman–Crippen LogP) is 4.13. The maximum absolute atomic E-state index is 13.8. The number of rotatable bonds is 5. The minimum absolute atomic E-state index is 0.0665. The minimum Gasteiger partial charge on any atom is -0.468 e. The molecular weight excluding hydrogens is 501 g/mol. The van der Waals surface area contributed by atoms with Crippen LogP contribution < -0.4 is 0 Å². The fraction of sp³-hybridized carbons (Fsp3) is 0.409. The summed E-state index contributed by atoms with van der Waals surface area (Å²) >= 11 is 2.26. The second kappa shape index (κ2) is 8.00. The summed E-state index contributed by atoms with van der Waals surface area (Å²) in [5.41, 5.74) is -0.217. The molecule has 2 atom stereocenters. The van der Waals surface area contributed by atoms with Crippen LogP contribution in [0.15, 0.2) is 59.5 Å². The molecule has 2 aromatic carbocycles. The lowest BCUT2D eigenvalue weighted by molar-refractivity contribution is -0.152. The van der Waals surface area contributed by atoms with Gasteiger partial charge in [-0.25, -0.2) is 8.42 Å². The van der Waals surface area contributed by atoms with Gasteiger partial charge in [0.15, 0.2) is 0 Å².